The van der Waals surface area contributed by atoms with Crippen LogP contribution >= 0.6 is 0 Å². The molecule has 1 aromatic heterocycles. The van der Waals surface area contributed by atoms with Crippen LogP contribution in [0.15, 0.2) is 52.5 Å². The maximum atomic E-state index is 12.9. The van der Waals surface area contributed by atoms with Gasteiger partial charge in [0.25, 0.3) is 11.7 Å². The van der Waals surface area contributed by atoms with Crippen molar-refractivity contribution >= 4 is 17.4 Å². The number of amides is 1. The molecule has 1 N–H and O–H groups in total. The molecule has 0 saturated carbocycles. The topological polar surface area (TPSA) is 83.2 Å². The van der Waals surface area contributed by atoms with E-state index in [4.69, 9.17) is 9.15 Å². The zero-order chi connectivity index (χ0) is 20.4. The number of furan rings is 1. The van der Waals surface area contributed by atoms with E-state index in [2.05, 4.69) is 4.90 Å². The fourth-order valence-electron chi connectivity index (χ4n) is 3.83. The molecule has 1 amide bonds. The fraction of sp³-hybridized carbons (Fsp3) is 0.364. The van der Waals surface area contributed by atoms with Crippen molar-refractivity contribution in [3.05, 3.63) is 65.1 Å². The Morgan fingerprint density at radius 2 is 1.79 bits per heavy atom. The summed E-state index contributed by atoms with van der Waals surface area (Å²) in [5, 5.41) is 10.9. The molecule has 0 spiro atoms. The fourth-order valence-corrected chi connectivity index (χ4v) is 3.83. The predicted octanol–water partition coefficient (Wildman–Crippen LogP) is 2.34. The number of likely N-dealkylation sites (tertiary alicyclic amines) is 1. The summed E-state index contributed by atoms with van der Waals surface area (Å²) in [6.45, 7) is 5.69. The highest BCUT2D eigenvalue weighted by Gasteiger charge is 2.47. The Balaban J connectivity index is 1.70. The first-order chi connectivity index (χ1) is 14.1. The third kappa shape index (κ3) is 3.83. The second kappa shape index (κ2) is 8.23. The van der Waals surface area contributed by atoms with Gasteiger partial charge in [0.05, 0.1) is 18.8 Å². The van der Waals surface area contributed by atoms with Crippen LogP contribution in [0.4, 0.5) is 0 Å². The molecular formula is C22H24N2O5. The molecule has 0 aliphatic carbocycles. The number of morpholine rings is 1. The number of nitrogens with zero attached hydrogens (tertiary/aromatic N) is 2. The molecule has 1 atom stereocenters. The molecule has 4 rings (SSSR count). The van der Waals surface area contributed by atoms with E-state index < -0.39 is 17.7 Å². The molecule has 0 bridgehead atoms. The SMILES string of the molecule is Cc1ccc(C2/C(=C(/O)c3ccccc3)C(=O)C(=O)N2CCN2CCOCC2)o1. The summed E-state index contributed by atoms with van der Waals surface area (Å²) >= 11 is 0. The monoisotopic (exact) mass is 396 g/mol. The largest absolute Gasteiger partial charge is 0.507 e. The van der Waals surface area contributed by atoms with E-state index in [9.17, 15) is 14.7 Å². The molecule has 152 valence electrons. The van der Waals surface area contributed by atoms with Crippen LogP contribution in [0.1, 0.15) is 23.1 Å². The lowest BCUT2D eigenvalue weighted by molar-refractivity contribution is -0.140. The highest BCUT2D eigenvalue weighted by atomic mass is 16.5. The van der Waals surface area contributed by atoms with E-state index >= 15 is 0 Å². The van der Waals surface area contributed by atoms with Crippen LogP contribution in [0.5, 0.6) is 0 Å². The standard InChI is InChI=1S/C22H24N2O5/c1-15-7-8-17(29-15)19-18(20(25)16-5-3-2-4-6-16)21(26)22(27)24(19)10-9-23-11-13-28-14-12-23/h2-8,19,25H,9-14H2,1H3/b20-18-. The number of benzene rings is 1. The van der Waals surface area contributed by atoms with Crippen LogP contribution in [0, 0.1) is 6.92 Å². The molecule has 2 aromatic rings. The first-order valence-electron chi connectivity index (χ1n) is 9.76. The minimum Gasteiger partial charge on any atom is -0.507 e. The van der Waals surface area contributed by atoms with E-state index in [-0.39, 0.29) is 11.3 Å². The Morgan fingerprint density at radius 3 is 2.45 bits per heavy atom. The summed E-state index contributed by atoms with van der Waals surface area (Å²) < 4.78 is 11.1. The Bertz CT molecular complexity index is 928. The molecule has 0 radical (unpaired) electrons. The van der Waals surface area contributed by atoms with Crippen molar-refractivity contribution in [2.24, 2.45) is 0 Å². The maximum absolute atomic E-state index is 12.9. The zero-order valence-electron chi connectivity index (χ0n) is 16.3. The molecular weight excluding hydrogens is 372 g/mol. The number of aliphatic hydroxyl groups is 1. The second-order valence-corrected chi connectivity index (χ2v) is 7.26. The second-order valence-electron chi connectivity index (χ2n) is 7.26. The van der Waals surface area contributed by atoms with Crippen LogP contribution in [-0.2, 0) is 14.3 Å². The summed E-state index contributed by atoms with van der Waals surface area (Å²) in [4.78, 5) is 29.5. The van der Waals surface area contributed by atoms with Gasteiger partial charge in [0.15, 0.2) is 0 Å². The van der Waals surface area contributed by atoms with E-state index in [0.29, 0.717) is 43.4 Å². The van der Waals surface area contributed by atoms with Crippen molar-refractivity contribution in [2.45, 2.75) is 13.0 Å². The van der Waals surface area contributed by atoms with Gasteiger partial charge in [0.2, 0.25) is 0 Å². The quantitative estimate of drug-likeness (QED) is 0.475. The number of ether oxygens (including phenoxy) is 1. The smallest absolute Gasteiger partial charge is 0.295 e. The van der Waals surface area contributed by atoms with Crippen molar-refractivity contribution in [1.29, 1.82) is 0 Å². The van der Waals surface area contributed by atoms with Gasteiger partial charge >= 0.3 is 0 Å². The number of rotatable bonds is 5. The molecule has 2 aliphatic heterocycles. The van der Waals surface area contributed by atoms with Crippen molar-refractivity contribution in [3.8, 4) is 0 Å². The number of ketones is 1. The Morgan fingerprint density at radius 1 is 1.07 bits per heavy atom. The third-order valence-electron chi connectivity index (χ3n) is 5.38. The van der Waals surface area contributed by atoms with Crippen LogP contribution in [0.25, 0.3) is 5.76 Å². The van der Waals surface area contributed by atoms with Gasteiger partial charge in [-0.1, -0.05) is 30.3 Å². The van der Waals surface area contributed by atoms with E-state index in [1.54, 1.807) is 43.3 Å². The molecule has 1 unspecified atom stereocenters. The van der Waals surface area contributed by atoms with Crippen LogP contribution in [-0.4, -0.2) is 66.0 Å². The average Bonchev–Trinajstić information content (AvgIpc) is 3.28. The summed E-state index contributed by atoms with van der Waals surface area (Å²) in [5.41, 5.74) is 0.560. The number of aryl methyl sites for hydroxylation is 1. The van der Waals surface area contributed by atoms with E-state index in [1.165, 1.54) is 4.90 Å². The van der Waals surface area contributed by atoms with Crippen molar-refractivity contribution in [1.82, 2.24) is 9.80 Å². The lowest BCUT2D eigenvalue weighted by atomic mass is 9.99. The van der Waals surface area contributed by atoms with Gasteiger partial charge in [-0.2, -0.15) is 0 Å². The summed E-state index contributed by atoms with van der Waals surface area (Å²) in [5.74, 6) is -0.335. The number of hydrogen-bond donors (Lipinski definition) is 1. The summed E-state index contributed by atoms with van der Waals surface area (Å²) in [6.07, 6.45) is 0. The van der Waals surface area contributed by atoms with Gasteiger partial charge in [-0.25, -0.2) is 0 Å². The number of Topliss-reactive ketones (excluding diaryl/α,β-unsaturated/α-hetero) is 1. The minimum absolute atomic E-state index is 0.0672. The number of carbonyl (C=O) groups is 2. The average molecular weight is 396 g/mol. The molecule has 7 heteroatoms. The van der Waals surface area contributed by atoms with Crippen LogP contribution < -0.4 is 0 Å². The normalized spacial score (nSPS) is 22.4. The van der Waals surface area contributed by atoms with Gasteiger partial charge < -0.3 is 19.2 Å². The predicted molar refractivity (Wildman–Crippen MR) is 106 cm³/mol. The molecule has 29 heavy (non-hydrogen) atoms. The van der Waals surface area contributed by atoms with Gasteiger partial charge in [0, 0.05) is 31.7 Å². The lowest BCUT2D eigenvalue weighted by Crippen LogP contribution is -2.42. The molecule has 3 heterocycles. The number of carbonyl (C=O) groups excluding carboxylic acids is 2. The highest BCUT2D eigenvalue weighted by Crippen LogP contribution is 2.39. The Labute approximate surface area is 169 Å². The van der Waals surface area contributed by atoms with Crippen LogP contribution in [0.3, 0.4) is 0 Å². The van der Waals surface area contributed by atoms with Crippen molar-refractivity contribution in [3.63, 3.8) is 0 Å². The van der Waals surface area contributed by atoms with Gasteiger partial charge in [-0.05, 0) is 19.1 Å². The maximum Gasteiger partial charge on any atom is 0.295 e. The van der Waals surface area contributed by atoms with E-state index in [0.717, 1.165) is 13.1 Å². The zero-order valence-corrected chi connectivity index (χ0v) is 16.3. The van der Waals surface area contributed by atoms with Gasteiger partial charge in [-0.15, -0.1) is 0 Å². The van der Waals surface area contributed by atoms with Gasteiger partial charge in [0.1, 0.15) is 23.3 Å². The number of hydrogen-bond acceptors (Lipinski definition) is 6. The number of aliphatic hydroxyl groups excluding tert-OH is 1. The molecule has 7 nitrogen and oxygen atoms in total. The highest BCUT2D eigenvalue weighted by molar-refractivity contribution is 6.46. The first-order valence-corrected chi connectivity index (χ1v) is 9.76. The minimum atomic E-state index is -0.745. The first kappa shape index (κ1) is 19.4. The van der Waals surface area contributed by atoms with Gasteiger partial charge in [-0.3, -0.25) is 14.5 Å². The van der Waals surface area contributed by atoms with E-state index in [1.807, 2.05) is 6.07 Å². The summed E-state index contributed by atoms with van der Waals surface area (Å²) in [6, 6.07) is 11.6. The molecule has 2 saturated heterocycles. The lowest BCUT2D eigenvalue weighted by Gasteiger charge is -2.30. The third-order valence-corrected chi connectivity index (χ3v) is 5.38. The van der Waals surface area contributed by atoms with Crippen molar-refractivity contribution in [2.75, 3.05) is 39.4 Å². The van der Waals surface area contributed by atoms with Crippen molar-refractivity contribution < 1.29 is 23.8 Å². The Hall–Kier alpha value is -2.90. The Kier molecular flexibility index (Phi) is 5.51. The van der Waals surface area contributed by atoms with Crippen LogP contribution in [0.2, 0.25) is 0 Å². The molecule has 2 aliphatic rings. The summed E-state index contributed by atoms with van der Waals surface area (Å²) in [7, 11) is 0. The molecule has 1 aromatic carbocycles. The molecule has 2 fully saturated rings.